The Bertz CT molecular complexity index is 673. The largest absolute Gasteiger partial charge is 0.480 e. The molecule has 120 valence electrons. The second-order valence-corrected chi connectivity index (χ2v) is 4.97. The van der Waals surface area contributed by atoms with Crippen LogP contribution in [0.3, 0.4) is 0 Å². The van der Waals surface area contributed by atoms with Crippen LogP contribution in [0.5, 0.6) is 5.75 Å². The van der Waals surface area contributed by atoms with Gasteiger partial charge < -0.3 is 10.1 Å². The van der Waals surface area contributed by atoms with Gasteiger partial charge in [-0.15, -0.1) is 0 Å². The minimum Gasteiger partial charge on any atom is -0.480 e. The molecule has 1 N–H and O–H groups in total. The molecule has 0 bridgehead atoms. The van der Waals surface area contributed by atoms with Gasteiger partial charge in [-0.3, -0.25) is 14.9 Å². The van der Waals surface area contributed by atoms with E-state index in [1.54, 1.807) is 6.07 Å². The topological polar surface area (TPSA) is 81.5 Å². The number of nitrogens with zero attached hydrogens (tertiary/aromatic N) is 1. The molecular formula is C17H18N2O4. The summed E-state index contributed by atoms with van der Waals surface area (Å²) in [6.07, 6.45) is -0.232. The summed E-state index contributed by atoms with van der Waals surface area (Å²) in [5.41, 5.74) is 0.924. The fourth-order valence-electron chi connectivity index (χ4n) is 2.06. The summed E-state index contributed by atoms with van der Waals surface area (Å²) in [4.78, 5) is 22.5. The molecule has 0 aliphatic heterocycles. The average Bonchev–Trinajstić information content (AvgIpc) is 2.58. The van der Waals surface area contributed by atoms with Gasteiger partial charge in [-0.2, -0.15) is 0 Å². The van der Waals surface area contributed by atoms with Crippen LogP contribution < -0.4 is 10.1 Å². The molecule has 0 aromatic heterocycles. The first-order chi connectivity index (χ1) is 11.1. The van der Waals surface area contributed by atoms with Gasteiger partial charge in [-0.1, -0.05) is 43.3 Å². The number of ether oxygens (including phenoxy) is 1. The molecule has 2 rings (SSSR count). The highest BCUT2D eigenvalue weighted by atomic mass is 16.6. The first-order valence-corrected chi connectivity index (χ1v) is 7.33. The Morgan fingerprint density at radius 2 is 1.96 bits per heavy atom. The summed E-state index contributed by atoms with van der Waals surface area (Å²) in [5, 5.41) is 13.6. The number of non-ortho nitro benzene ring substituents is 1. The quantitative estimate of drug-likeness (QED) is 0.629. The molecule has 0 saturated heterocycles. The summed E-state index contributed by atoms with van der Waals surface area (Å²) in [6, 6.07) is 15.4. The fourth-order valence-corrected chi connectivity index (χ4v) is 2.06. The van der Waals surface area contributed by atoms with Crippen molar-refractivity contribution in [1.29, 1.82) is 0 Å². The second-order valence-electron chi connectivity index (χ2n) is 4.97. The molecule has 23 heavy (non-hydrogen) atoms. The summed E-state index contributed by atoms with van der Waals surface area (Å²) >= 11 is 0. The van der Waals surface area contributed by atoms with Gasteiger partial charge in [0.15, 0.2) is 6.10 Å². The third-order valence-corrected chi connectivity index (χ3v) is 3.28. The van der Waals surface area contributed by atoms with E-state index in [9.17, 15) is 14.9 Å². The minimum atomic E-state index is -0.694. The predicted octanol–water partition coefficient (Wildman–Crippen LogP) is 3.07. The molecule has 2 aromatic carbocycles. The van der Waals surface area contributed by atoms with Crippen molar-refractivity contribution in [3.8, 4) is 5.75 Å². The van der Waals surface area contributed by atoms with Gasteiger partial charge in [-0.05, 0) is 18.1 Å². The number of nitro groups is 1. The number of hydrogen-bond donors (Lipinski definition) is 1. The maximum absolute atomic E-state index is 12.2. The molecule has 1 atom stereocenters. The zero-order valence-electron chi connectivity index (χ0n) is 12.8. The van der Waals surface area contributed by atoms with Crippen LogP contribution in [-0.4, -0.2) is 16.9 Å². The number of rotatable bonds is 7. The van der Waals surface area contributed by atoms with Crippen molar-refractivity contribution < 1.29 is 14.5 Å². The maximum atomic E-state index is 12.2. The zero-order valence-corrected chi connectivity index (χ0v) is 12.8. The Labute approximate surface area is 134 Å². The van der Waals surface area contributed by atoms with Crippen LogP contribution in [0.15, 0.2) is 54.6 Å². The van der Waals surface area contributed by atoms with Crippen LogP contribution >= 0.6 is 0 Å². The van der Waals surface area contributed by atoms with Gasteiger partial charge in [0.25, 0.3) is 11.6 Å². The molecule has 6 heteroatoms. The molecule has 2 aromatic rings. The fraction of sp³-hybridized carbons (Fsp3) is 0.235. The van der Waals surface area contributed by atoms with E-state index in [1.807, 2.05) is 37.3 Å². The van der Waals surface area contributed by atoms with Crippen LogP contribution in [0.4, 0.5) is 5.69 Å². The summed E-state index contributed by atoms with van der Waals surface area (Å²) in [5.74, 6) is 0.0590. The number of nitro benzene ring substituents is 1. The molecule has 0 aliphatic rings. The van der Waals surface area contributed by atoms with Crippen molar-refractivity contribution in [3.63, 3.8) is 0 Å². The lowest BCUT2D eigenvalue weighted by molar-refractivity contribution is -0.384. The Morgan fingerprint density at radius 3 is 2.61 bits per heavy atom. The van der Waals surface area contributed by atoms with Crippen LogP contribution in [0.2, 0.25) is 0 Å². The minimum absolute atomic E-state index is 0.0675. The molecular weight excluding hydrogens is 296 g/mol. The smallest absolute Gasteiger partial charge is 0.273 e. The number of nitrogens with one attached hydrogen (secondary N) is 1. The number of hydrogen-bond acceptors (Lipinski definition) is 4. The SMILES string of the molecule is CCC(Oc1cccc([N+](=O)[O-])c1)C(=O)NCc1ccccc1. The first kappa shape index (κ1) is 16.5. The van der Waals surface area contributed by atoms with Crippen molar-refractivity contribution in [2.75, 3.05) is 0 Å². The summed E-state index contributed by atoms with van der Waals surface area (Å²) < 4.78 is 5.59. The van der Waals surface area contributed by atoms with Crippen LogP contribution in [-0.2, 0) is 11.3 Å². The Kier molecular flexibility index (Phi) is 5.68. The molecule has 0 heterocycles. The van der Waals surface area contributed by atoms with Crippen LogP contribution in [0, 0.1) is 10.1 Å². The number of carbonyl (C=O) groups is 1. The van der Waals surface area contributed by atoms with Crippen LogP contribution in [0.1, 0.15) is 18.9 Å². The lowest BCUT2D eigenvalue weighted by atomic mass is 10.2. The number of amides is 1. The number of benzene rings is 2. The highest BCUT2D eigenvalue weighted by Gasteiger charge is 2.19. The van der Waals surface area contributed by atoms with Crippen molar-refractivity contribution in [2.45, 2.75) is 26.0 Å². The van der Waals surface area contributed by atoms with Crippen LogP contribution in [0.25, 0.3) is 0 Å². The Balaban J connectivity index is 1.97. The summed E-state index contributed by atoms with van der Waals surface area (Å²) in [7, 11) is 0. The zero-order chi connectivity index (χ0) is 16.7. The van der Waals surface area contributed by atoms with Crippen molar-refractivity contribution in [1.82, 2.24) is 5.32 Å². The molecule has 0 aliphatic carbocycles. The van der Waals surface area contributed by atoms with E-state index in [-0.39, 0.29) is 11.6 Å². The van der Waals surface area contributed by atoms with Gasteiger partial charge in [0.05, 0.1) is 11.0 Å². The lowest BCUT2D eigenvalue weighted by Gasteiger charge is -2.17. The van der Waals surface area contributed by atoms with E-state index in [0.29, 0.717) is 18.7 Å². The summed E-state index contributed by atoms with van der Waals surface area (Å²) in [6.45, 7) is 2.23. The third kappa shape index (κ3) is 4.81. The van der Waals surface area contributed by atoms with Crippen molar-refractivity contribution in [3.05, 3.63) is 70.3 Å². The molecule has 6 nitrogen and oxygen atoms in total. The Hall–Kier alpha value is -2.89. The molecule has 1 unspecified atom stereocenters. The first-order valence-electron chi connectivity index (χ1n) is 7.33. The van der Waals surface area contributed by atoms with Crippen molar-refractivity contribution in [2.24, 2.45) is 0 Å². The third-order valence-electron chi connectivity index (χ3n) is 3.28. The highest BCUT2D eigenvalue weighted by Crippen LogP contribution is 2.20. The molecule has 0 radical (unpaired) electrons. The second kappa shape index (κ2) is 7.93. The lowest BCUT2D eigenvalue weighted by Crippen LogP contribution is -2.37. The normalized spacial score (nSPS) is 11.5. The van der Waals surface area contributed by atoms with Gasteiger partial charge in [-0.25, -0.2) is 0 Å². The van der Waals surface area contributed by atoms with Gasteiger partial charge in [0.1, 0.15) is 5.75 Å². The predicted molar refractivity (Wildman–Crippen MR) is 86.1 cm³/mol. The van der Waals surface area contributed by atoms with E-state index in [1.165, 1.54) is 18.2 Å². The van der Waals surface area contributed by atoms with Gasteiger partial charge in [0, 0.05) is 12.6 Å². The molecule has 1 amide bonds. The number of carbonyl (C=O) groups excluding carboxylic acids is 1. The van der Waals surface area contributed by atoms with E-state index < -0.39 is 11.0 Å². The van der Waals surface area contributed by atoms with Crippen molar-refractivity contribution >= 4 is 11.6 Å². The standard InChI is InChI=1S/C17H18N2O4/c1-2-16(17(20)18-12-13-7-4-3-5-8-13)23-15-10-6-9-14(11-15)19(21)22/h3-11,16H,2,12H2,1H3,(H,18,20). The van der Waals surface area contributed by atoms with E-state index in [2.05, 4.69) is 5.32 Å². The highest BCUT2D eigenvalue weighted by molar-refractivity contribution is 5.81. The molecule has 0 fully saturated rings. The van der Waals surface area contributed by atoms with E-state index in [0.717, 1.165) is 5.56 Å². The monoisotopic (exact) mass is 314 g/mol. The Morgan fingerprint density at radius 1 is 1.22 bits per heavy atom. The van der Waals surface area contributed by atoms with Gasteiger partial charge >= 0.3 is 0 Å². The molecule has 0 spiro atoms. The maximum Gasteiger partial charge on any atom is 0.273 e. The van der Waals surface area contributed by atoms with E-state index >= 15 is 0 Å². The molecule has 0 saturated carbocycles. The van der Waals surface area contributed by atoms with Gasteiger partial charge in [0.2, 0.25) is 0 Å². The average molecular weight is 314 g/mol. The van der Waals surface area contributed by atoms with E-state index in [4.69, 9.17) is 4.74 Å².